The number of nitrogens with zero attached hydrogens (tertiary/aromatic N) is 2. The van der Waals surface area contributed by atoms with E-state index in [1.165, 1.54) is 30.5 Å². The summed E-state index contributed by atoms with van der Waals surface area (Å²) < 4.78 is 63.5. The number of benzene rings is 2. The van der Waals surface area contributed by atoms with Gasteiger partial charge in [0.05, 0.1) is 30.5 Å². The summed E-state index contributed by atoms with van der Waals surface area (Å²) in [5, 5.41) is 2.68. The number of hydrogen-bond acceptors (Lipinski definition) is 7. The molecule has 0 bridgehead atoms. The van der Waals surface area contributed by atoms with Crippen molar-refractivity contribution in [3.8, 4) is 11.5 Å². The summed E-state index contributed by atoms with van der Waals surface area (Å²) in [5.74, 6) is 0.548. The lowest BCUT2D eigenvalue weighted by atomic mass is 10.2. The monoisotopic (exact) mass is 539 g/mol. The topological polar surface area (TPSA) is 122 Å². The summed E-state index contributed by atoms with van der Waals surface area (Å²) in [7, 11) is -5.74. The van der Waals surface area contributed by atoms with Crippen molar-refractivity contribution >= 4 is 31.6 Å². The highest BCUT2D eigenvalue weighted by atomic mass is 32.2. The van der Waals surface area contributed by atoms with Gasteiger partial charge in [0, 0.05) is 13.1 Å². The third kappa shape index (κ3) is 6.89. The zero-order valence-electron chi connectivity index (χ0n) is 20.7. The Morgan fingerprint density at radius 1 is 0.972 bits per heavy atom. The van der Waals surface area contributed by atoms with Crippen LogP contribution in [-0.2, 0) is 24.8 Å². The van der Waals surface area contributed by atoms with E-state index in [0.717, 1.165) is 29.8 Å². The van der Waals surface area contributed by atoms with E-state index in [2.05, 4.69) is 5.32 Å². The van der Waals surface area contributed by atoms with Gasteiger partial charge in [-0.1, -0.05) is 6.42 Å². The van der Waals surface area contributed by atoms with Crippen molar-refractivity contribution in [2.24, 2.45) is 0 Å². The Morgan fingerprint density at radius 3 is 2.11 bits per heavy atom. The Hall–Kier alpha value is -2.83. The SMILES string of the molecule is COc1ccc(N([C@@H](C)C(=O)NCCOc2ccc(S(=O)(=O)N3CCCCC3)cc2)S(C)(=O)=O)cc1. The van der Waals surface area contributed by atoms with Crippen LogP contribution in [0.15, 0.2) is 53.4 Å². The van der Waals surface area contributed by atoms with Crippen LogP contribution in [0, 0.1) is 0 Å². The summed E-state index contributed by atoms with van der Waals surface area (Å²) in [6.07, 6.45) is 3.82. The zero-order chi connectivity index (χ0) is 26.3. The van der Waals surface area contributed by atoms with Crippen LogP contribution in [0.25, 0.3) is 0 Å². The molecule has 198 valence electrons. The summed E-state index contributed by atoms with van der Waals surface area (Å²) in [5.41, 5.74) is 0.344. The average molecular weight is 540 g/mol. The van der Waals surface area contributed by atoms with Gasteiger partial charge in [0.15, 0.2) is 0 Å². The normalized spacial score (nSPS) is 15.6. The summed E-state index contributed by atoms with van der Waals surface area (Å²) in [6, 6.07) is 11.6. The van der Waals surface area contributed by atoms with Crippen molar-refractivity contribution in [3.63, 3.8) is 0 Å². The number of carbonyl (C=O) groups is 1. The second-order valence-electron chi connectivity index (χ2n) is 8.51. The number of hydrogen-bond donors (Lipinski definition) is 1. The van der Waals surface area contributed by atoms with Gasteiger partial charge in [-0.2, -0.15) is 4.31 Å². The molecule has 12 heteroatoms. The Bertz CT molecular complexity index is 1230. The molecule has 2 aromatic rings. The Labute approximate surface area is 213 Å². The smallest absolute Gasteiger partial charge is 0.243 e. The minimum atomic E-state index is -3.73. The summed E-state index contributed by atoms with van der Waals surface area (Å²) >= 11 is 0. The summed E-state index contributed by atoms with van der Waals surface area (Å²) in [6.45, 7) is 2.83. The lowest BCUT2D eigenvalue weighted by Gasteiger charge is -2.28. The molecule has 36 heavy (non-hydrogen) atoms. The number of sulfonamides is 2. The van der Waals surface area contributed by atoms with Gasteiger partial charge in [0.25, 0.3) is 0 Å². The van der Waals surface area contributed by atoms with Crippen LogP contribution in [0.4, 0.5) is 5.69 Å². The minimum absolute atomic E-state index is 0.123. The predicted octanol–water partition coefficient (Wildman–Crippen LogP) is 2.22. The number of nitrogens with one attached hydrogen (secondary N) is 1. The maximum atomic E-state index is 12.7. The van der Waals surface area contributed by atoms with Gasteiger partial charge in [-0.25, -0.2) is 16.8 Å². The first-order valence-electron chi connectivity index (χ1n) is 11.7. The Morgan fingerprint density at radius 2 is 1.56 bits per heavy atom. The van der Waals surface area contributed by atoms with Crippen molar-refractivity contribution in [1.29, 1.82) is 0 Å². The molecule has 1 fully saturated rings. The van der Waals surface area contributed by atoms with Crippen molar-refractivity contribution in [1.82, 2.24) is 9.62 Å². The molecule has 0 saturated carbocycles. The first-order valence-corrected chi connectivity index (χ1v) is 15.0. The molecule has 1 aliphatic rings. The molecular formula is C24H33N3O7S2. The fourth-order valence-corrected chi connectivity index (χ4v) is 6.68. The van der Waals surface area contributed by atoms with Crippen LogP contribution in [0.1, 0.15) is 26.2 Å². The van der Waals surface area contributed by atoms with E-state index in [1.54, 1.807) is 36.4 Å². The third-order valence-corrected chi connectivity index (χ3v) is 9.02. The van der Waals surface area contributed by atoms with Crippen molar-refractivity contribution < 1.29 is 31.1 Å². The van der Waals surface area contributed by atoms with E-state index < -0.39 is 32.0 Å². The number of piperidine rings is 1. The fraction of sp³-hybridized carbons (Fsp3) is 0.458. The van der Waals surface area contributed by atoms with Gasteiger partial charge < -0.3 is 14.8 Å². The number of ether oxygens (including phenoxy) is 2. The van der Waals surface area contributed by atoms with E-state index in [4.69, 9.17) is 9.47 Å². The van der Waals surface area contributed by atoms with Crippen LogP contribution in [0.5, 0.6) is 11.5 Å². The van der Waals surface area contributed by atoms with E-state index in [9.17, 15) is 21.6 Å². The maximum absolute atomic E-state index is 12.7. The first-order chi connectivity index (χ1) is 17.0. The van der Waals surface area contributed by atoms with Crippen LogP contribution in [0.2, 0.25) is 0 Å². The molecule has 0 spiro atoms. The number of rotatable bonds is 11. The highest BCUT2D eigenvalue weighted by molar-refractivity contribution is 7.92. The molecule has 1 N–H and O–H groups in total. The Balaban J connectivity index is 1.53. The molecule has 2 aromatic carbocycles. The highest BCUT2D eigenvalue weighted by Crippen LogP contribution is 2.24. The van der Waals surface area contributed by atoms with Gasteiger partial charge >= 0.3 is 0 Å². The van der Waals surface area contributed by atoms with Crippen LogP contribution in [-0.4, -0.2) is 72.7 Å². The molecule has 10 nitrogen and oxygen atoms in total. The average Bonchev–Trinajstić information content (AvgIpc) is 2.87. The van der Waals surface area contributed by atoms with Crippen molar-refractivity contribution in [2.75, 3.05) is 43.9 Å². The minimum Gasteiger partial charge on any atom is -0.497 e. The van der Waals surface area contributed by atoms with Gasteiger partial charge in [-0.15, -0.1) is 0 Å². The second kappa shape index (κ2) is 11.9. The molecule has 3 rings (SSSR count). The van der Waals surface area contributed by atoms with Crippen molar-refractivity contribution in [3.05, 3.63) is 48.5 Å². The van der Waals surface area contributed by atoms with Crippen molar-refractivity contribution in [2.45, 2.75) is 37.1 Å². The number of methoxy groups -OCH3 is 1. The molecule has 0 aliphatic carbocycles. The highest BCUT2D eigenvalue weighted by Gasteiger charge is 2.29. The fourth-order valence-electron chi connectivity index (χ4n) is 3.99. The molecule has 1 aliphatic heterocycles. The van der Waals surface area contributed by atoms with Crippen LogP contribution >= 0.6 is 0 Å². The molecule has 1 heterocycles. The number of anilines is 1. The lowest BCUT2D eigenvalue weighted by Crippen LogP contribution is -2.48. The van der Waals surface area contributed by atoms with Gasteiger partial charge in [0.1, 0.15) is 24.1 Å². The lowest BCUT2D eigenvalue weighted by molar-refractivity contribution is -0.121. The van der Waals surface area contributed by atoms with Crippen LogP contribution in [0.3, 0.4) is 0 Å². The quantitative estimate of drug-likeness (QED) is 0.435. The van der Waals surface area contributed by atoms with E-state index in [-0.39, 0.29) is 18.0 Å². The van der Waals surface area contributed by atoms with Gasteiger partial charge in [-0.3, -0.25) is 9.10 Å². The number of amides is 1. The molecule has 0 unspecified atom stereocenters. The largest absolute Gasteiger partial charge is 0.497 e. The Kier molecular flexibility index (Phi) is 9.20. The molecule has 1 saturated heterocycles. The van der Waals surface area contributed by atoms with E-state index in [1.807, 2.05) is 0 Å². The molecular weight excluding hydrogens is 506 g/mol. The molecule has 1 atom stereocenters. The summed E-state index contributed by atoms with van der Waals surface area (Å²) in [4.78, 5) is 12.9. The standard InChI is InChI=1S/C24H33N3O7S2/c1-19(27(35(3,29)30)20-7-9-21(33-2)10-8-20)24(28)25-15-18-34-22-11-13-23(14-12-22)36(31,32)26-16-5-4-6-17-26/h7-14,19H,4-6,15-18H2,1-3H3,(H,25,28)/t19-/m0/s1. The third-order valence-electron chi connectivity index (χ3n) is 5.86. The zero-order valence-corrected chi connectivity index (χ0v) is 22.3. The van der Waals surface area contributed by atoms with E-state index in [0.29, 0.717) is 30.3 Å². The second-order valence-corrected chi connectivity index (χ2v) is 12.3. The van der Waals surface area contributed by atoms with Gasteiger partial charge in [0.2, 0.25) is 26.0 Å². The van der Waals surface area contributed by atoms with E-state index >= 15 is 0 Å². The first kappa shape index (κ1) is 27.8. The number of carbonyl (C=O) groups excluding carboxylic acids is 1. The predicted molar refractivity (Wildman–Crippen MR) is 137 cm³/mol. The van der Waals surface area contributed by atoms with Gasteiger partial charge in [-0.05, 0) is 68.3 Å². The van der Waals surface area contributed by atoms with Crippen LogP contribution < -0.4 is 19.1 Å². The molecule has 1 amide bonds. The maximum Gasteiger partial charge on any atom is 0.243 e. The molecule has 0 radical (unpaired) electrons. The molecule has 0 aromatic heterocycles.